The summed E-state index contributed by atoms with van der Waals surface area (Å²) in [4.78, 5) is 30.8. The highest BCUT2D eigenvalue weighted by Gasteiger charge is 2.47. The Bertz CT molecular complexity index is 1400. The van der Waals surface area contributed by atoms with Crippen LogP contribution in [0.1, 0.15) is 61.1 Å². The number of aryl methyl sites for hydroxylation is 3. The van der Waals surface area contributed by atoms with E-state index in [1.54, 1.807) is 18.2 Å². The summed E-state index contributed by atoms with van der Waals surface area (Å²) in [5.74, 6) is -0.820. The van der Waals surface area contributed by atoms with Gasteiger partial charge in [0.05, 0.1) is 18.2 Å². The van der Waals surface area contributed by atoms with Crippen LogP contribution >= 0.6 is 0 Å². The predicted octanol–water partition coefficient (Wildman–Crippen LogP) is 6.87. The first-order valence-electron chi connectivity index (χ1n) is 13.7. The second kappa shape index (κ2) is 11.8. The number of hydrogen-bond donors (Lipinski definition) is 1. The average Bonchev–Trinajstić information content (AvgIpc) is 3.20. The predicted molar refractivity (Wildman–Crippen MR) is 158 cm³/mol. The number of ketones is 1. The van der Waals surface area contributed by atoms with Gasteiger partial charge in [-0.15, -0.1) is 0 Å². The van der Waals surface area contributed by atoms with Gasteiger partial charge in [-0.1, -0.05) is 25.1 Å². The van der Waals surface area contributed by atoms with Gasteiger partial charge in [-0.05, 0) is 106 Å². The molecule has 1 N–H and O–H groups in total. The summed E-state index contributed by atoms with van der Waals surface area (Å²) in [5.41, 5.74) is 5.94. The van der Waals surface area contributed by atoms with Gasteiger partial charge in [0.25, 0.3) is 11.7 Å². The molecule has 1 aliphatic heterocycles. The van der Waals surface area contributed by atoms with Gasteiger partial charge in [0, 0.05) is 30.0 Å². The molecule has 1 atom stereocenters. The van der Waals surface area contributed by atoms with Gasteiger partial charge in [-0.2, -0.15) is 0 Å². The number of aliphatic hydroxyl groups excluding tert-OH is 1. The maximum atomic E-state index is 13.6. The summed E-state index contributed by atoms with van der Waals surface area (Å²) < 4.78 is 5.79. The van der Waals surface area contributed by atoms with Crippen LogP contribution < -0.4 is 14.5 Å². The molecule has 1 saturated heterocycles. The fraction of sp³-hybridized carbons (Fsp3) is 0.333. The van der Waals surface area contributed by atoms with Gasteiger partial charge in [0.2, 0.25) is 0 Å². The number of hydrogen-bond acceptors (Lipinski definition) is 5. The van der Waals surface area contributed by atoms with E-state index in [2.05, 4.69) is 18.7 Å². The third-order valence-electron chi connectivity index (χ3n) is 7.46. The third kappa shape index (κ3) is 5.42. The highest BCUT2D eigenvalue weighted by Crippen LogP contribution is 2.43. The monoisotopic (exact) mass is 526 g/mol. The lowest BCUT2D eigenvalue weighted by Crippen LogP contribution is -2.29. The van der Waals surface area contributed by atoms with E-state index in [0.29, 0.717) is 17.9 Å². The van der Waals surface area contributed by atoms with E-state index >= 15 is 0 Å². The number of anilines is 2. The molecule has 3 aromatic rings. The van der Waals surface area contributed by atoms with Crippen molar-refractivity contribution < 1.29 is 19.4 Å². The summed E-state index contributed by atoms with van der Waals surface area (Å²) in [6.45, 7) is 14.5. The Morgan fingerprint density at radius 3 is 2.15 bits per heavy atom. The molecule has 0 bridgehead atoms. The number of aliphatic hydroxyl groups is 1. The Hall–Kier alpha value is -4.06. The Kier molecular flexibility index (Phi) is 8.44. The molecule has 1 heterocycles. The average molecular weight is 527 g/mol. The molecule has 204 valence electrons. The minimum Gasteiger partial charge on any atom is -0.507 e. The van der Waals surface area contributed by atoms with Crippen molar-refractivity contribution in [1.29, 1.82) is 0 Å². The van der Waals surface area contributed by atoms with Gasteiger partial charge >= 0.3 is 0 Å². The number of rotatable bonds is 9. The molecule has 6 nitrogen and oxygen atoms in total. The quantitative estimate of drug-likeness (QED) is 0.187. The molecule has 0 radical (unpaired) electrons. The Balaban J connectivity index is 1.87. The van der Waals surface area contributed by atoms with Crippen LogP contribution in [0.4, 0.5) is 11.4 Å². The third-order valence-corrected chi connectivity index (χ3v) is 7.46. The second-order valence-corrected chi connectivity index (χ2v) is 10.0. The topological polar surface area (TPSA) is 70.1 Å². The van der Waals surface area contributed by atoms with Crippen LogP contribution in [0.3, 0.4) is 0 Å². The van der Waals surface area contributed by atoms with Crippen LogP contribution in [-0.4, -0.2) is 36.5 Å². The van der Waals surface area contributed by atoms with E-state index < -0.39 is 17.7 Å². The molecule has 0 aliphatic carbocycles. The van der Waals surface area contributed by atoms with Crippen LogP contribution in [0.2, 0.25) is 0 Å². The molecule has 1 amide bonds. The number of carbonyl (C=O) groups excluding carboxylic acids is 2. The maximum Gasteiger partial charge on any atom is 0.300 e. The van der Waals surface area contributed by atoms with E-state index in [1.807, 2.05) is 70.2 Å². The zero-order valence-electron chi connectivity index (χ0n) is 23.7. The summed E-state index contributed by atoms with van der Waals surface area (Å²) in [5, 5.41) is 11.5. The van der Waals surface area contributed by atoms with Crippen LogP contribution in [0.25, 0.3) is 5.76 Å². The summed E-state index contributed by atoms with van der Waals surface area (Å²) in [6.07, 6.45) is 0.885. The maximum absolute atomic E-state index is 13.6. The van der Waals surface area contributed by atoms with E-state index in [1.165, 1.54) is 4.90 Å². The summed E-state index contributed by atoms with van der Waals surface area (Å²) in [6, 6.07) is 18.2. The lowest BCUT2D eigenvalue weighted by Gasteiger charge is -2.27. The SMILES string of the molecule is CCCOc1ccc(/C(O)=C2\C(=O)C(=O)N(c3ccc(C)c(C)c3)C2c2ccc(N(CC)CC)cc2)cc1C. The molecule has 6 heteroatoms. The van der Waals surface area contributed by atoms with E-state index in [4.69, 9.17) is 4.74 Å². The fourth-order valence-corrected chi connectivity index (χ4v) is 5.07. The standard InChI is InChI=1S/C33H38N2O4/c1-7-18-39-28-17-13-25(19-23(28)6)31(36)29-30(24-11-15-26(16-12-24)34(8-2)9-3)35(33(38)32(29)37)27-14-10-21(4)22(5)20-27/h10-17,19-20,30,36H,7-9,18H2,1-6H3/b31-29+. The van der Waals surface area contributed by atoms with Crippen LogP contribution in [-0.2, 0) is 9.59 Å². The molecule has 0 spiro atoms. The number of ether oxygens (including phenoxy) is 1. The first kappa shape index (κ1) is 28.0. The second-order valence-electron chi connectivity index (χ2n) is 10.0. The molecular formula is C33H38N2O4. The molecule has 1 unspecified atom stereocenters. The van der Waals surface area contributed by atoms with Crippen molar-refractivity contribution in [3.8, 4) is 5.75 Å². The highest BCUT2D eigenvalue weighted by atomic mass is 16.5. The fourth-order valence-electron chi connectivity index (χ4n) is 5.07. The Morgan fingerprint density at radius 2 is 1.56 bits per heavy atom. The smallest absolute Gasteiger partial charge is 0.300 e. The van der Waals surface area contributed by atoms with Crippen molar-refractivity contribution in [3.63, 3.8) is 0 Å². The minimum absolute atomic E-state index is 0.0791. The van der Waals surface area contributed by atoms with Crippen molar-refractivity contribution in [1.82, 2.24) is 0 Å². The summed E-state index contributed by atoms with van der Waals surface area (Å²) in [7, 11) is 0. The van der Waals surface area contributed by atoms with Crippen LogP contribution in [0.15, 0.2) is 66.2 Å². The molecule has 39 heavy (non-hydrogen) atoms. The van der Waals surface area contributed by atoms with Gasteiger partial charge in [0.1, 0.15) is 11.5 Å². The number of nitrogens with zero attached hydrogens (tertiary/aromatic N) is 2. The number of Topliss-reactive ketones (excluding diaryl/α,β-unsaturated/α-hetero) is 1. The highest BCUT2D eigenvalue weighted by molar-refractivity contribution is 6.51. The van der Waals surface area contributed by atoms with Gasteiger partial charge < -0.3 is 14.7 Å². The molecule has 3 aromatic carbocycles. The van der Waals surface area contributed by atoms with E-state index in [0.717, 1.165) is 53.2 Å². The molecule has 0 saturated carbocycles. The largest absolute Gasteiger partial charge is 0.507 e. The molecule has 1 fully saturated rings. The summed E-state index contributed by atoms with van der Waals surface area (Å²) >= 11 is 0. The van der Waals surface area contributed by atoms with Gasteiger partial charge in [0.15, 0.2) is 0 Å². The first-order valence-corrected chi connectivity index (χ1v) is 13.7. The number of carbonyl (C=O) groups is 2. The minimum atomic E-state index is -0.769. The van der Waals surface area contributed by atoms with Crippen LogP contribution in [0, 0.1) is 20.8 Å². The van der Waals surface area contributed by atoms with Gasteiger partial charge in [-0.3, -0.25) is 14.5 Å². The van der Waals surface area contributed by atoms with Gasteiger partial charge in [-0.25, -0.2) is 0 Å². The normalized spacial score (nSPS) is 16.6. The van der Waals surface area contributed by atoms with Crippen LogP contribution in [0.5, 0.6) is 5.75 Å². The zero-order chi connectivity index (χ0) is 28.3. The number of benzene rings is 3. The molecular weight excluding hydrogens is 488 g/mol. The van der Waals surface area contributed by atoms with E-state index in [9.17, 15) is 14.7 Å². The molecule has 0 aromatic heterocycles. The van der Waals surface area contributed by atoms with Crippen molar-refractivity contribution in [3.05, 3.63) is 94.1 Å². The van der Waals surface area contributed by atoms with Crippen molar-refractivity contribution in [2.75, 3.05) is 29.5 Å². The molecule has 4 rings (SSSR count). The van der Waals surface area contributed by atoms with Crippen molar-refractivity contribution >= 4 is 28.8 Å². The zero-order valence-corrected chi connectivity index (χ0v) is 23.7. The van der Waals surface area contributed by atoms with E-state index in [-0.39, 0.29) is 11.3 Å². The van der Waals surface area contributed by atoms with Crippen molar-refractivity contribution in [2.24, 2.45) is 0 Å². The Morgan fingerprint density at radius 1 is 0.872 bits per heavy atom. The van der Waals surface area contributed by atoms with Crippen molar-refractivity contribution in [2.45, 2.75) is 54.0 Å². The first-order chi connectivity index (χ1) is 18.7. The number of amides is 1. The molecule has 1 aliphatic rings. The lowest BCUT2D eigenvalue weighted by atomic mass is 9.94. The lowest BCUT2D eigenvalue weighted by molar-refractivity contribution is -0.132. The Labute approximate surface area is 231 Å².